The number of ether oxygens (including phenoxy) is 2. The number of carbonyl (C=O) groups is 2. The Kier molecular flexibility index (Phi) is 37.5. The summed E-state index contributed by atoms with van der Waals surface area (Å²) in [6.07, 6.45) is 28.9. The summed E-state index contributed by atoms with van der Waals surface area (Å²) in [6, 6.07) is 0. The zero-order valence-corrected chi connectivity index (χ0v) is 37.3. The van der Waals surface area contributed by atoms with Crippen LogP contribution in [0.2, 0.25) is 0 Å². The fraction of sp³-hybridized carbons (Fsp3) is 0.854. The Morgan fingerprint density at radius 1 is 0.431 bits per heavy atom. The first-order valence-electron chi connectivity index (χ1n) is 21.7. The van der Waals surface area contributed by atoms with E-state index in [1.165, 1.54) is 64.2 Å². The molecule has 0 saturated carbocycles. The van der Waals surface area contributed by atoms with Gasteiger partial charge in [-0.25, -0.2) is 9.13 Å². The van der Waals surface area contributed by atoms with Crippen LogP contribution in [0.3, 0.4) is 0 Å². The van der Waals surface area contributed by atoms with E-state index in [-0.39, 0.29) is 12.8 Å². The minimum atomic E-state index is -4.78. The molecule has 0 fully saturated rings. The first-order chi connectivity index (χ1) is 27.8. The molecule has 0 aromatic rings. The number of unbranched alkanes of at least 4 members (excludes halogenated alkanes) is 18. The Labute approximate surface area is 348 Å². The quantitative estimate of drug-likeness (QED) is 0.0167. The van der Waals surface area contributed by atoms with Crippen molar-refractivity contribution in [2.24, 2.45) is 0 Å². The number of carbonyl (C=O) groups excluding carboxylic acids is 2. The molecule has 0 aromatic heterocycles. The molecule has 0 aliphatic carbocycles. The fourth-order valence-electron chi connectivity index (χ4n) is 5.42. The van der Waals surface area contributed by atoms with E-state index in [9.17, 15) is 43.8 Å². The van der Waals surface area contributed by atoms with Crippen LogP contribution in [0.15, 0.2) is 24.3 Å². The van der Waals surface area contributed by atoms with Crippen molar-refractivity contribution in [2.45, 2.75) is 186 Å². The molecule has 0 bridgehead atoms. The van der Waals surface area contributed by atoms with E-state index in [4.69, 9.17) is 9.47 Å². The smallest absolute Gasteiger partial charge is 0.463 e. The summed E-state index contributed by atoms with van der Waals surface area (Å²) in [5.74, 6) is -1.01. The van der Waals surface area contributed by atoms with Crippen molar-refractivity contribution in [3.8, 4) is 0 Å². The highest BCUT2D eigenvalue weighted by Crippen LogP contribution is 2.45. The molecule has 0 saturated heterocycles. The average molecular weight is 873 g/mol. The lowest BCUT2D eigenvalue weighted by molar-refractivity contribution is -0.148. The standard InChI is InChI=1S/C41H78O15P2/c1-3-5-7-9-11-13-15-16-17-18-20-22-24-26-28-30-41(46)52-32-38(43)34-54-58(49,50)56-36-39(44)35-55-57(47,48)53-33-37(42)31-51-40(45)29-27-25-23-21-19-14-12-10-8-6-4-2/h10,12-13,15,37-39,42-44H,3-9,11,14,16-36H2,1-2H3,(H,47,48)(H,49,50)/b12-10-,15-13-. The van der Waals surface area contributed by atoms with E-state index in [2.05, 4.69) is 56.2 Å². The van der Waals surface area contributed by atoms with Crippen LogP contribution in [-0.4, -0.2) is 95.0 Å². The third-order valence-electron chi connectivity index (χ3n) is 8.88. The number of hydrogen-bond acceptors (Lipinski definition) is 13. The van der Waals surface area contributed by atoms with Gasteiger partial charge in [0, 0.05) is 12.8 Å². The number of rotatable bonds is 42. The van der Waals surface area contributed by atoms with E-state index in [0.717, 1.165) is 64.2 Å². The maximum Gasteiger partial charge on any atom is 0.472 e. The van der Waals surface area contributed by atoms with Crippen LogP contribution in [0.5, 0.6) is 0 Å². The predicted octanol–water partition coefficient (Wildman–Crippen LogP) is 8.94. The first-order valence-corrected chi connectivity index (χ1v) is 24.7. The normalized spacial score (nSPS) is 15.6. The monoisotopic (exact) mass is 872 g/mol. The zero-order chi connectivity index (χ0) is 43.2. The van der Waals surface area contributed by atoms with E-state index in [1.54, 1.807) is 0 Å². The van der Waals surface area contributed by atoms with Gasteiger partial charge in [-0.15, -0.1) is 0 Å². The lowest BCUT2D eigenvalue weighted by atomic mass is 10.1. The number of phosphoric acid groups is 2. The second kappa shape index (κ2) is 38.4. The molecule has 15 nitrogen and oxygen atoms in total. The maximum absolute atomic E-state index is 12.1. The summed E-state index contributed by atoms with van der Waals surface area (Å²) in [5.41, 5.74) is 0. The molecule has 0 rings (SSSR count). The molecular weight excluding hydrogens is 794 g/mol. The zero-order valence-electron chi connectivity index (χ0n) is 35.5. The maximum atomic E-state index is 12.1. The summed E-state index contributed by atoms with van der Waals surface area (Å²) in [6.45, 7) is 0.340. The highest BCUT2D eigenvalue weighted by molar-refractivity contribution is 7.47. The van der Waals surface area contributed by atoms with Crippen molar-refractivity contribution < 1.29 is 71.4 Å². The second-order valence-electron chi connectivity index (χ2n) is 14.7. The molecule has 5 atom stereocenters. The lowest BCUT2D eigenvalue weighted by Gasteiger charge is -2.19. The van der Waals surface area contributed by atoms with Gasteiger partial charge in [-0.2, -0.15) is 0 Å². The number of phosphoric ester groups is 2. The van der Waals surface area contributed by atoms with Gasteiger partial charge in [-0.3, -0.25) is 27.7 Å². The van der Waals surface area contributed by atoms with Crippen molar-refractivity contribution in [3.05, 3.63) is 24.3 Å². The summed E-state index contributed by atoms with van der Waals surface area (Å²) in [4.78, 5) is 43.6. The van der Waals surface area contributed by atoms with Crippen molar-refractivity contribution in [3.63, 3.8) is 0 Å². The minimum absolute atomic E-state index is 0.187. The van der Waals surface area contributed by atoms with E-state index < -0.39 is 85.5 Å². The van der Waals surface area contributed by atoms with Gasteiger partial charge >= 0.3 is 27.6 Å². The summed E-state index contributed by atoms with van der Waals surface area (Å²) in [5, 5.41) is 29.9. The summed E-state index contributed by atoms with van der Waals surface area (Å²) in [7, 11) is -9.56. The van der Waals surface area contributed by atoms with E-state index in [0.29, 0.717) is 12.8 Å². The van der Waals surface area contributed by atoms with Gasteiger partial charge in [-0.05, 0) is 57.8 Å². The van der Waals surface area contributed by atoms with Crippen molar-refractivity contribution in [1.82, 2.24) is 0 Å². The van der Waals surface area contributed by atoms with Crippen LogP contribution in [0, 0.1) is 0 Å². The molecule has 0 aromatic carbocycles. The Balaban J connectivity index is 3.93. The van der Waals surface area contributed by atoms with Crippen LogP contribution in [0.4, 0.5) is 0 Å². The van der Waals surface area contributed by atoms with E-state index >= 15 is 0 Å². The number of aliphatic hydroxyl groups excluding tert-OH is 3. The average Bonchev–Trinajstić information content (AvgIpc) is 3.19. The van der Waals surface area contributed by atoms with Crippen LogP contribution in [0.25, 0.3) is 0 Å². The molecule has 0 aliphatic heterocycles. The number of allylic oxidation sites excluding steroid dienone is 4. The molecule has 5 N–H and O–H groups in total. The van der Waals surface area contributed by atoms with Gasteiger partial charge in [-0.1, -0.05) is 122 Å². The number of aliphatic hydroxyl groups is 3. The van der Waals surface area contributed by atoms with Crippen LogP contribution >= 0.6 is 15.6 Å². The Morgan fingerprint density at radius 2 is 0.707 bits per heavy atom. The minimum Gasteiger partial charge on any atom is -0.463 e. The molecule has 17 heteroatoms. The van der Waals surface area contributed by atoms with Gasteiger partial charge < -0.3 is 34.6 Å². The van der Waals surface area contributed by atoms with Gasteiger partial charge in [0.05, 0.1) is 26.4 Å². The largest absolute Gasteiger partial charge is 0.472 e. The molecule has 0 radical (unpaired) electrons. The molecular formula is C41H78O15P2. The third-order valence-corrected chi connectivity index (χ3v) is 10.8. The highest BCUT2D eigenvalue weighted by Gasteiger charge is 2.28. The number of esters is 2. The molecule has 342 valence electrons. The SMILES string of the molecule is CCCC/C=C\CCCCCCCC(=O)OCC(O)COP(=O)(O)OCC(O)COP(=O)(O)OCC(O)COC(=O)CCCCCCCCC/C=C\CCCCCC. The lowest BCUT2D eigenvalue weighted by Crippen LogP contribution is -2.25. The molecule has 0 spiro atoms. The van der Waals surface area contributed by atoms with Gasteiger partial charge in [0.25, 0.3) is 0 Å². The van der Waals surface area contributed by atoms with Gasteiger partial charge in [0.2, 0.25) is 0 Å². The molecule has 5 unspecified atom stereocenters. The Morgan fingerprint density at radius 3 is 1.05 bits per heavy atom. The summed E-state index contributed by atoms with van der Waals surface area (Å²) >= 11 is 0. The molecule has 58 heavy (non-hydrogen) atoms. The van der Waals surface area contributed by atoms with Crippen LogP contribution in [-0.2, 0) is 46.3 Å². The van der Waals surface area contributed by atoms with Gasteiger partial charge in [0.15, 0.2) is 0 Å². The topological polar surface area (TPSA) is 225 Å². The van der Waals surface area contributed by atoms with E-state index in [1.807, 2.05) is 0 Å². The van der Waals surface area contributed by atoms with Crippen molar-refractivity contribution in [2.75, 3.05) is 39.6 Å². The van der Waals surface area contributed by atoms with Crippen molar-refractivity contribution >= 4 is 27.6 Å². The fourth-order valence-corrected chi connectivity index (χ4v) is 7.01. The van der Waals surface area contributed by atoms with Crippen LogP contribution in [0.1, 0.15) is 168 Å². The molecule has 0 amide bonds. The first kappa shape index (κ1) is 56.5. The van der Waals surface area contributed by atoms with Gasteiger partial charge in [0.1, 0.15) is 31.5 Å². The molecule has 0 aliphatic rings. The highest BCUT2D eigenvalue weighted by atomic mass is 31.2. The third kappa shape index (κ3) is 40.0. The summed E-state index contributed by atoms with van der Waals surface area (Å²) < 4.78 is 52.8. The molecule has 0 heterocycles. The Bertz CT molecular complexity index is 1150. The predicted molar refractivity (Wildman–Crippen MR) is 224 cm³/mol. The van der Waals surface area contributed by atoms with Crippen LogP contribution < -0.4 is 0 Å². The van der Waals surface area contributed by atoms with Crippen molar-refractivity contribution in [1.29, 1.82) is 0 Å². The second-order valence-corrected chi connectivity index (χ2v) is 17.6. The number of hydrogen-bond donors (Lipinski definition) is 5. The Hall–Kier alpha value is -1.48.